The zero-order valence-electron chi connectivity index (χ0n) is 9.65. The van der Waals surface area contributed by atoms with Crippen LogP contribution in [-0.2, 0) is 0 Å². The van der Waals surface area contributed by atoms with E-state index in [1.165, 1.54) is 22.3 Å². The molecule has 1 aliphatic rings. The molecule has 0 aromatic heterocycles. The summed E-state index contributed by atoms with van der Waals surface area (Å²) in [4.78, 5) is 0. The quantitative estimate of drug-likeness (QED) is 0.639. The molecule has 0 aromatic carbocycles. The second kappa shape index (κ2) is 3.10. The lowest BCUT2D eigenvalue weighted by atomic mass is 10.1. The van der Waals surface area contributed by atoms with Gasteiger partial charge in [-0.3, -0.25) is 0 Å². The SMILES string of the molecule is CC1=C(C)C([Si](C)(C)N)C(C)=C1C. The first-order valence-electron chi connectivity index (χ1n) is 4.90. The Balaban J connectivity index is 3.18. The molecule has 0 saturated carbocycles. The Labute approximate surface area is 82.8 Å². The third kappa shape index (κ3) is 1.65. The van der Waals surface area contributed by atoms with Crippen LogP contribution >= 0.6 is 0 Å². The van der Waals surface area contributed by atoms with Gasteiger partial charge in [-0.2, -0.15) is 0 Å². The number of nitrogens with two attached hydrogens (primary N) is 1. The van der Waals surface area contributed by atoms with E-state index >= 15 is 0 Å². The summed E-state index contributed by atoms with van der Waals surface area (Å²) < 4.78 is 0. The first kappa shape index (κ1) is 10.7. The molecule has 0 spiro atoms. The van der Waals surface area contributed by atoms with Gasteiger partial charge in [0.25, 0.3) is 0 Å². The highest BCUT2D eigenvalue weighted by Gasteiger charge is 2.35. The third-order valence-electron chi connectivity index (χ3n) is 3.36. The molecule has 0 heterocycles. The minimum Gasteiger partial charge on any atom is -0.350 e. The van der Waals surface area contributed by atoms with Crippen molar-refractivity contribution in [1.82, 2.24) is 0 Å². The van der Waals surface area contributed by atoms with Crippen molar-refractivity contribution in [3.8, 4) is 0 Å². The number of hydrogen-bond donors (Lipinski definition) is 1. The zero-order valence-corrected chi connectivity index (χ0v) is 10.7. The maximum Gasteiger partial charge on any atom is 0.128 e. The van der Waals surface area contributed by atoms with Crippen molar-refractivity contribution < 1.29 is 0 Å². The fourth-order valence-corrected chi connectivity index (χ4v) is 5.13. The Kier molecular flexibility index (Phi) is 2.56. The molecule has 2 N–H and O–H groups in total. The molecule has 0 amide bonds. The van der Waals surface area contributed by atoms with Crippen molar-refractivity contribution >= 4 is 8.24 Å². The Morgan fingerprint density at radius 1 is 0.923 bits per heavy atom. The van der Waals surface area contributed by atoms with Gasteiger partial charge < -0.3 is 5.40 Å². The molecule has 0 bridgehead atoms. The first-order valence-corrected chi connectivity index (χ1v) is 8.06. The van der Waals surface area contributed by atoms with E-state index in [-0.39, 0.29) is 0 Å². The van der Waals surface area contributed by atoms with Crippen LogP contribution in [0.3, 0.4) is 0 Å². The minimum absolute atomic E-state index is 0.576. The van der Waals surface area contributed by atoms with E-state index in [1.807, 2.05) is 0 Å². The topological polar surface area (TPSA) is 26.0 Å². The fraction of sp³-hybridized carbons (Fsp3) is 0.636. The van der Waals surface area contributed by atoms with Crippen LogP contribution in [0.5, 0.6) is 0 Å². The zero-order chi connectivity index (χ0) is 10.4. The maximum atomic E-state index is 6.32. The van der Waals surface area contributed by atoms with Crippen LogP contribution in [0.15, 0.2) is 22.3 Å². The summed E-state index contributed by atoms with van der Waals surface area (Å²) in [5, 5.41) is 6.32. The van der Waals surface area contributed by atoms with Gasteiger partial charge in [-0.05, 0) is 38.8 Å². The lowest BCUT2D eigenvalue weighted by Gasteiger charge is -2.27. The second-order valence-corrected chi connectivity index (χ2v) is 9.09. The molecule has 2 heteroatoms. The van der Waals surface area contributed by atoms with Crippen molar-refractivity contribution in [3.05, 3.63) is 22.3 Å². The van der Waals surface area contributed by atoms with Crippen molar-refractivity contribution in [1.29, 1.82) is 0 Å². The van der Waals surface area contributed by atoms with E-state index in [9.17, 15) is 0 Å². The molecule has 0 radical (unpaired) electrons. The minimum atomic E-state index is -1.55. The van der Waals surface area contributed by atoms with Crippen molar-refractivity contribution in [2.75, 3.05) is 0 Å². The Bertz CT molecular complexity index is 268. The summed E-state index contributed by atoms with van der Waals surface area (Å²) in [7, 11) is -1.55. The van der Waals surface area contributed by atoms with Crippen molar-refractivity contribution in [2.24, 2.45) is 5.40 Å². The first-order chi connectivity index (χ1) is 5.76. The standard InChI is InChI=1S/C11H21NSi/c1-7-8(2)10(4)11(9(7)3)13(5,6)12/h11H,12H2,1-6H3. The van der Waals surface area contributed by atoms with E-state index in [2.05, 4.69) is 40.8 Å². The molecule has 0 aromatic rings. The Hall–Kier alpha value is -0.343. The molecule has 13 heavy (non-hydrogen) atoms. The average Bonchev–Trinajstić information content (AvgIpc) is 2.14. The van der Waals surface area contributed by atoms with E-state index in [4.69, 9.17) is 5.40 Å². The van der Waals surface area contributed by atoms with Crippen LogP contribution < -0.4 is 5.40 Å². The molecule has 1 rings (SSSR count). The normalized spacial score (nSPS) is 20.5. The molecule has 0 unspecified atom stereocenters. The average molecular weight is 195 g/mol. The van der Waals surface area contributed by atoms with Crippen LogP contribution in [0, 0.1) is 0 Å². The fourth-order valence-electron chi connectivity index (χ4n) is 2.47. The summed E-state index contributed by atoms with van der Waals surface area (Å²) in [5.41, 5.74) is 6.53. The highest BCUT2D eigenvalue weighted by molar-refractivity contribution is 6.77. The van der Waals surface area contributed by atoms with Crippen molar-refractivity contribution in [3.63, 3.8) is 0 Å². The predicted octanol–water partition coefficient (Wildman–Crippen LogP) is 3.21. The van der Waals surface area contributed by atoms with Crippen LogP contribution in [0.25, 0.3) is 0 Å². The summed E-state index contributed by atoms with van der Waals surface area (Å²) in [6, 6.07) is 0. The maximum absolute atomic E-state index is 6.32. The van der Waals surface area contributed by atoms with E-state index in [1.54, 1.807) is 0 Å². The van der Waals surface area contributed by atoms with Gasteiger partial charge in [-0.15, -0.1) is 0 Å². The van der Waals surface area contributed by atoms with E-state index < -0.39 is 8.24 Å². The molecule has 0 atom stereocenters. The molecule has 0 fully saturated rings. The lowest BCUT2D eigenvalue weighted by Crippen LogP contribution is -2.44. The molecule has 1 aliphatic carbocycles. The lowest BCUT2D eigenvalue weighted by molar-refractivity contribution is 1.06. The largest absolute Gasteiger partial charge is 0.350 e. The number of hydrogen-bond acceptors (Lipinski definition) is 1. The van der Waals surface area contributed by atoms with Gasteiger partial charge in [0.05, 0.1) is 0 Å². The third-order valence-corrected chi connectivity index (χ3v) is 5.71. The molecule has 74 valence electrons. The van der Waals surface area contributed by atoms with E-state index in [0.717, 1.165) is 0 Å². The van der Waals surface area contributed by atoms with Gasteiger partial charge in [0.1, 0.15) is 8.24 Å². The predicted molar refractivity (Wildman–Crippen MR) is 62.2 cm³/mol. The van der Waals surface area contributed by atoms with Gasteiger partial charge in [-0.25, -0.2) is 0 Å². The van der Waals surface area contributed by atoms with Crippen LogP contribution in [0.1, 0.15) is 27.7 Å². The van der Waals surface area contributed by atoms with Crippen LogP contribution in [-0.4, -0.2) is 8.24 Å². The number of rotatable bonds is 1. The second-order valence-electron chi connectivity index (χ2n) is 4.87. The Morgan fingerprint density at radius 2 is 1.23 bits per heavy atom. The molecular formula is C11H21NSi. The van der Waals surface area contributed by atoms with Crippen LogP contribution in [0.2, 0.25) is 18.6 Å². The van der Waals surface area contributed by atoms with E-state index in [0.29, 0.717) is 5.54 Å². The monoisotopic (exact) mass is 195 g/mol. The summed E-state index contributed by atoms with van der Waals surface area (Å²) >= 11 is 0. The molecule has 0 aliphatic heterocycles. The Morgan fingerprint density at radius 3 is 1.38 bits per heavy atom. The van der Waals surface area contributed by atoms with Gasteiger partial charge >= 0.3 is 0 Å². The van der Waals surface area contributed by atoms with Gasteiger partial charge in [-0.1, -0.05) is 24.2 Å². The summed E-state index contributed by atoms with van der Waals surface area (Å²) in [6.07, 6.45) is 0. The smallest absolute Gasteiger partial charge is 0.128 e. The summed E-state index contributed by atoms with van der Waals surface area (Å²) in [5.74, 6) is 0. The summed E-state index contributed by atoms with van der Waals surface area (Å²) in [6.45, 7) is 13.4. The number of allylic oxidation sites excluding steroid dienone is 4. The van der Waals surface area contributed by atoms with Crippen LogP contribution in [0.4, 0.5) is 0 Å². The highest BCUT2D eigenvalue weighted by atomic mass is 28.3. The molecule has 0 saturated heterocycles. The van der Waals surface area contributed by atoms with Gasteiger partial charge in [0.15, 0.2) is 0 Å². The van der Waals surface area contributed by atoms with Gasteiger partial charge in [0, 0.05) is 5.54 Å². The van der Waals surface area contributed by atoms with Gasteiger partial charge in [0.2, 0.25) is 0 Å². The van der Waals surface area contributed by atoms with Crippen molar-refractivity contribution in [2.45, 2.75) is 46.3 Å². The highest BCUT2D eigenvalue weighted by Crippen LogP contribution is 2.44. The molecule has 1 nitrogen and oxygen atoms in total. The molecular weight excluding hydrogens is 174 g/mol.